The number of amides is 3. The molecule has 3 aromatic rings. The van der Waals surface area contributed by atoms with E-state index < -0.39 is 29.6 Å². The molecule has 1 atom stereocenters. The van der Waals surface area contributed by atoms with Gasteiger partial charge in [0, 0.05) is 24.1 Å². The third-order valence-corrected chi connectivity index (χ3v) is 4.86. The molecule has 1 fully saturated rings. The normalized spacial score (nSPS) is 17.0. The molecule has 0 aliphatic carbocycles. The highest BCUT2D eigenvalue weighted by atomic mass is 35.5. The summed E-state index contributed by atoms with van der Waals surface area (Å²) < 4.78 is 26.7. The summed E-state index contributed by atoms with van der Waals surface area (Å²) in [5.74, 6) is -1.96. The number of carbonyl (C=O) groups is 2. The summed E-state index contributed by atoms with van der Waals surface area (Å²) in [5, 5.41) is 4.06. The molecule has 3 amide bonds. The van der Waals surface area contributed by atoms with Gasteiger partial charge in [0.2, 0.25) is 0 Å². The maximum Gasteiger partial charge on any atom is 0.325 e. The number of urea groups is 1. The Labute approximate surface area is 157 Å². The molecule has 138 valence electrons. The van der Waals surface area contributed by atoms with Gasteiger partial charge in [0.1, 0.15) is 17.7 Å². The summed E-state index contributed by atoms with van der Waals surface area (Å²) in [6, 6.07) is 7.02. The van der Waals surface area contributed by atoms with Crippen molar-refractivity contribution in [3.63, 3.8) is 0 Å². The number of H-pyrrole nitrogens is 1. The van der Waals surface area contributed by atoms with E-state index in [0.29, 0.717) is 5.02 Å². The zero-order chi connectivity index (χ0) is 19.1. The van der Waals surface area contributed by atoms with E-state index in [1.165, 1.54) is 0 Å². The quantitative estimate of drug-likeness (QED) is 0.667. The van der Waals surface area contributed by atoms with Gasteiger partial charge in [-0.1, -0.05) is 23.7 Å². The van der Waals surface area contributed by atoms with Crippen LogP contribution in [0, 0.1) is 11.6 Å². The van der Waals surface area contributed by atoms with Crippen LogP contribution in [0.2, 0.25) is 5.02 Å². The maximum atomic E-state index is 13.3. The second-order valence-electron chi connectivity index (χ2n) is 6.38. The molecule has 1 aliphatic rings. The third-order valence-electron chi connectivity index (χ3n) is 4.54. The van der Waals surface area contributed by atoms with Gasteiger partial charge in [-0.25, -0.2) is 13.6 Å². The molecule has 2 aromatic carbocycles. The van der Waals surface area contributed by atoms with Crippen LogP contribution < -0.4 is 5.32 Å². The number of rotatable bonds is 4. The predicted molar refractivity (Wildman–Crippen MR) is 96.2 cm³/mol. The number of aromatic amines is 1. The van der Waals surface area contributed by atoms with Gasteiger partial charge in [0.15, 0.2) is 0 Å². The van der Waals surface area contributed by atoms with Crippen LogP contribution in [0.15, 0.2) is 42.6 Å². The second-order valence-corrected chi connectivity index (χ2v) is 6.79. The van der Waals surface area contributed by atoms with Crippen LogP contribution >= 0.6 is 11.6 Å². The Morgan fingerprint density at radius 3 is 2.59 bits per heavy atom. The van der Waals surface area contributed by atoms with E-state index in [1.807, 2.05) is 12.1 Å². The Balaban J connectivity index is 1.54. The second kappa shape index (κ2) is 6.66. The summed E-state index contributed by atoms with van der Waals surface area (Å²) in [6.07, 6.45) is 2.03. The molecular formula is C19H14ClF2N3O2. The van der Waals surface area contributed by atoms with Crippen molar-refractivity contribution in [1.29, 1.82) is 0 Å². The Morgan fingerprint density at radius 2 is 1.85 bits per heavy atom. The monoisotopic (exact) mass is 389 g/mol. The first-order chi connectivity index (χ1) is 12.9. The number of halogens is 3. The third kappa shape index (κ3) is 3.26. The highest BCUT2D eigenvalue weighted by Gasteiger charge is 2.38. The van der Waals surface area contributed by atoms with Crippen LogP contribution in [0.5, 0.6) is 0 Å². The summed E-state index contributed by atoms with van der Waals surface area (Å²) >= 11 is 6.14. The Hall–Kier alpha value is -2.93. The Kier molecular flexibility index (Phi) is 4.31. The predicted octanol–water partition coefficient (Wildman–Crippen LogP) is 3.76. The van der Waals surface area contributed by atoms with Gasteiger partial charge < -0.3 is 10.3 Å². The van der Waals surface area contributed by atoms with E-state index >= 15 is 0 Å². The fourth-order valence-corrected chi connectivity index (χ4v) is 3.54. The average molecular weight is 390 g/mol. The van der Waals surface area contributed by atoms with Crippen LogP contribution in [-0.2, 0) is 17.8 Å². The van der Waals surface area contributed by atoms with Crippen molar-refractivity contribution in [1.82, 2.24) is 15.2 Å². The van der Waals surface area contributed by atoms with Gasteiger partial charge in [-0.2, -0.15) is 0 Å². The number of aromatic nitrogens is 1. The Bertz CT molecular complexity index is 1050. The van der Waals surface area contributed by atoms with Crippen LogP contribution in [-0.4, -0.2) is 27.9 Å². The van der Waals surface area contributed by atoms with Gasteiger partial charge in [-0.05, 0) is 29.3 Å². The molecule has 8 heteroatoms. The lowest BCUT2D eigenvalue weighted by Crippen LogP contribution is -2.32. The van der Waals surface area contributed by atoms with E-state index in [2.05, 4.69) is 10.3 Å². The highest BCUT2D eigenvalue weighted by molar-refractivity contribution is 6.35. The molecule has 1 aliphatic heterocycles. The van der Waals surface area contributed by atoms with Gasteiger partial charge in [0.05, 0.1) is 17.1 Å². The number of hydrogen-bond donors (Lipinski definition) is 2. The fraction of sp³-hybridized carbons (Fsp3) is 0.158. The lowest BCUT2D eigenvalue weighted by atomic mass is 10.0. The molecule has 0 radical (unpaired) electrons. The minimum atomic E-state index is -0.760. The van der Waals surface area contributed by atoms with E-state index in [-0.39, 0.29) is 18.5 Å². The van der Waals surface area contributed by atoms with Crippen molar-refractivity contribution in [2.75, 3.05) is 0 Å². The number of para-hydroxylation sites is 1. The summed E-state index contributed by atoms with van der Waals surface area (Å²) in [6.45, 7) is -0.199. The first-order valence-electron chi connectivity index (χ1n) is 8.23. The van der Waals surface area contributed by atoms with Crippen LogP contribution in [0.1, 0.15) is 11.1 Å². The molecule has 2 heterocycles. The van der Waals surface area contributed by atoms with E-state index in [1.54, 1.807) is 12.3 Å². The van der Waals surface area contributed by atoms with Crippen molar-refractivity contribution in [2.45, 2.75) is 19.0 Å². The number of nitrogens with one attached hydrogen (secondary N) is 2. The molecule has 1 aromatic heterocycles. The smallest absolute Gasteiger partial charge is 0.325 e. The van der Waals surface area contributed by atoms with Gasteiger partial charge in [-0.15, -0.1) is 0 Å². The number of nitrogens with zero attached hydrogens (tertiary/aromatic N) is 1. The van der Waals surface area contributed by atoms with E-state index in [4.69, 9.17) is 11.6 Å². The first kappa shape index (κ1) is 17.5. The minimum Gasteiger partial charge on any atom is -0.360 e. The van der Waals surface area contributed by atoms with E-state index in [9.17, 15) is 18.4 Å². The van der Waals surface area contributed by atoms with Gasteiger partial charge in [0.25, 0.3) is 5.91 Å². The molecular weight excluding hydrogens is 376 g/mol. The summed E-state index contributed by atoms with van der Waals surface area (Å²) in [7, 11) is 0. The van der Waals surface area contributed by atoms with Gasteiger partial charge >= 0.3 is 6.03 Å². The molecule has 5 nitrogen and oxygen atoms in total. The Morgan fingerprint density at radius 1 is 1.11 bits per heavy atom. The number of imide groups is 1. The maximum absolute atomic E-state index is 13.3. The SMILES string of the molecule is O=C1N[C@H](Cc2c[nH]c3c(Cl)cccc23)C(=O)N1Cc1cc(F)cc(F)c1. The largest absolute Gasteiger partial charge is 0.360 e. The van der Waals surface area contributed by atoms with Crippen LogP contribution in [0.25, 0.3) is 10.9 Å². The zero-order valence-electron chi connectivity index (χ0n) is 13.9. The van der Waals surface area contributed by atoms with Crippen LogP contribution in [0.3, 0.4) is 0 Å². The molecule has 4 rings (SSSR count). The number of fused-ring (bicyclic) bond motifs is 1. The van der Waals surface area contributed by atoms with E-state index in [0.717, 1.165) is 39.6 Å². The number of hydrogen-bond acceptors (Lipinski definition) is 2. The van der Waals surface area contributed by atoms with Crippen LogP contribution in [0.4, 0.5) is 13.6 Å². The van der Waals surface area contributed by atoms with Crippen molar-refractivity contribution >= 4 is 34.4 Å². The minimum absolute atomic E-state index is 0.199. The van der Waals surface area contributed by atoms with Crippen molar-refractivity contribution in [3.05, 3.63) is 70.4 Å². The highest BCUT2D eigenvalue weighted by Crippen LogP contribution is 2.27. The van der Waals surface area contributed by atoms with Crippen molar-refractivity contribution in [3.8, 4) is 0 Å². The molecule has 0 unspecified atom stereocenters. The lowest BCUT2D eigenvalue weighted by molar-refractivity contribution is -0.127. The molecule has 0 spiro atoms. The molecule has 0 saturated carbocycles. The lowest BCUT2D eigenvalue weighted by Gasteiger charge is -2.13. The topological polar surface area (TPSA) is 65.2 Å². The van der Waals surface area contributed by atoms with Gasteiger partial charge in [-0.3, -0.25) is 9.69 Å². The first-order valence-corrected chi connectivity index (χ1v) is 8.61. The standard InChI is InChI=1S/C19H14ClF2N3O2/c20-15-3-1-2-14-11(8-23-17(14)15)6-16-18(26)25(19(27)24-16)9-10-4-12(21)7-13(22)5-10/h1-5,7-8,16,23H,6,9H2,(H,24,27)/t16-/m1/s1. The van der Waals surface area contributed by atoms with Crippen molar-refractivity contribution in [2.24, 2.45) is 0 Å². The average Bonchev–Trinajstić information content (AvgIpc) is 3.12. The zero-order valence-corrected chi connectivity index (χ0v) is 14.7. The fourth-order valence-electron chi connectivity index (χ4n) is 3.31. The number of carbonyl (C=O) groups excluding carboxylic acids is 2. The molecule has 0 bridgehead atoms. The molecule has 1 saturated heterocycles. The molecule has 27 heavy (non-hydrogen) atoms. The summed E-state index contributed by atoms with van der Waals surface area (Å²) in [4.78, 5) is 28.9. The number of benzene rings is 2. The summed E-state index contributed by atoms with van der Waals surface area (Å²) in [5.41, 5.74) is 1.80. The van der Waals surface area contributed by atoms with Crippen molar-refractivity contribution < 1.29 is 18.4 Å². The molecule has 2 N–H and O–H groups in total.